The Labute approximate surface area is 145 Å². The molecular formula is C19H20N2O4. The molecule has 2 aromatic rings. The second kappa shape index (κ2) is 6.25. The molecule has 25 heavy (non-hydrogen) atoms. The first kappa shape index (κ1) is 17.0. The lowest BCUT2D eigenvalue weighted by atomic mass is 9.98. The first-order valence-electron chi connectivity index (χ1n) is 8.23. The predicted molar refractivity (Wildman–Crippen MR) is 92.3 cm³/mol. The molecule has 130 valence electrons. The highest BCUT2D eigenvalue weighted by Crippen LogP contribution is 2.39. The van der Waals surface area contributed by atoms with Gasteiger partial charge in [0.25, 0.3) is 5.91 Å². The van der Waals surface area contributed by atoms with Crippen molar-refractivity contribution in [2.24, 2.45) is 5.92 Å². The average molecular weight is 340 g/mol. The van der Waals surface area contributed by atoms with Gasteiger partial charge in [-0.25, -0.2) is 4.79 Å². The predicted octanol–water partition coefficient (Wildman–Crippen LogP) is 2.60. The van der Waals surface area contributed by atoms with E-state index in [0.29, 0.717) is 16.9 Å². The number of fused-ring (bicyclic) bond motifs is 1. The second-order valence-electron chi connectivity index (χ2n) is 6.74. The van der Waals surface area contributed by atoms with Crippen molar-refractivity contribution in [2.75, 3.05) is 6.61 Å². The molecule has 1 fully saturated rings. The van der Waals surface area contributed by atoms with Gasteiger partial charge in [-0.2, -0.15) is 5.26 Å². The van der Waals surface area contributed by atoms with E-state index in [4.69, 9.17) is 9.15 Å². The summed E-state index contributed by atoms with van der Waals surface area (Å²) in [6, 6.07) is 7.18. The molecule has 1 aliphatic rings. The van der Waals surface area contributed by atoms with Crippen molar-refractivity contribution in [3.05, 3.63) is 39.7 Å². The Kier molecular flexibility index (Phi) is 4.25. The molecule has 1 aromatic carbocycles. The highest BCUT2D eigenvalue weighted by atomic mass is 16.5. The van der Waals surface area contributed by atoms with Gasteiger partial charge in [-0.05, 0) is 57.2 Å². The van der Waals surface area contributed by atoms with Crippen LogP contribution >= 0.6 is 0 Å². The quantitative estimate of drug-likeness (QED) is 0.845. The Morgan fingerprint density at radius 3 is 2.80 bits per heavy atom. The van der Waals surface area contributed by atoms with E-state index in [1.807, 2.05) is 6.92 Å². The molecule has 0 radical (unpaired) electrons. The normalized spacial score (nSPS) is 16.1. The Balaban J connectivity index is 1.75. The molecule has 1 amide bonds. The second-order valence-corrected chi connectivity index (χ2v) is 6.74. The lowest BCUT2D eigenvalue weighted by Gasteiger charge is -2.23. The van der Waals surface area contributed by atoms with E-state index in [9.17, 15) is 14.9 Å². The maximum absolute atomic E-state index is 12.1. The van der Waals surface area contributed by atoms with Gasteiger partial charge >= 0.3 is 5.63 Å². The molecule has 3 rings (SSSR count). The van der Waals surface area contributed by atoms with Crippen LogP contribution in [0.5, 0.6) is 5.75 Å². The monoisotopic (exact) mass is 340 g/mol. The summed E-state index contributed by atoms with van der Waals surface area (Å²) >= 11 is 0. The van der Waals surface area contributed by atoms with Crippen LogP contribution < -0.4 is 15.7 Å². The molecule has 0 spiro atoms. The van der Waals surface area contributed by atoms with Gasteiger partial charge in [0.1, 0.15) is 16.9 Å². The van der Waals surface area contributed by atoms with Crippen LogP contribution in [-0.4, -0.2) is 18.1 Å². The lowest BCUT2D eigenvalue weighted by molar-refractivity contribution is -0.124. The van der Waals surface area contributed by atoms with E-state index in [1.165, 1.54) is 6.07 Å². The van der Waals surface area contributed by atoms with Crippen LogP contribution in [0.25, 0.3) is 11.0 Å². The number of ether oxygens (including phenoxy) is 1. The van der Waals surface area contributed by atoms with E-state index < -0.39 is 11.2 Å². The van der Waals surface area contributed by atoms with Gasteiger partial charge in [-0.3, -0.25) is 4.79 Å². The number of carbonyl (C=O) groups is 1. The zero-order valence-electron chi connectivity index (χ0n) is 14.5. The Bertz CT molecular complexity index is 937. The van der Waals surface area contributed by atoms with Gasteiger partial charge < -0.3 is 14.5 Å². The maximum Gasteiger partial charge on any atom is 0.336 e. The SMILES string of the molecule is Cc1cc(=O)oc2c(C)c(OCC(=O)N[C@](C)(C#N)C3CC3)ccc12. The van der Waals surface area contributed by atoms with Crippen molar-refractivity contribution >= 4 is 16.9 Å². The van der Waals surface area contributed by atoms with Crippen molar-refractivity contribution in [1.29, 1.82) is 5.26 Å². The molecule has 0 bridgehead atoms. The Morgan fingerprint density at radius 2 is 2.16 bits per heavy atom. The molecule has 6 heteroatoms. The summed E-state index contributed by atoms with van der Waals surface area (Å²) in [6.45, 7) is 5.16. The highest BCUT2D eigenvalue weighted by Gasteiger charge is 2.43. The minimum atomic E-state index is -0.844. The fraction of sp³-hybridized carbons (Fsp3) is 0.421. The number of benzene rings is 1. The molecule has 1 saturated carbocycles. The van der Waals surface area contributed by atoms with Crippen LogP contribution in [-0.2, 0) is 4.79 Å². The molecule has 1 atom stereocenters. The minimum absolute atomic E-state index is 0.202. The molecule has 0 aliphatic heterocycles. The number of nitrogens with one attached hydrogen (secondary N) is 1. The number of hydrogen-bond donors (Lipinski definition) is 1. The van der Waals surface area contributed by atoms with E-state index in [1.54, 1.807) is 26.0 Å². The molecule has 0 unspecified atom stereocenters. The van der Waals surface area contributed by atoms with Crippen molar-refractivity contribution in [3.63, 3.8) is 0 Å². The van der Waals surface area contributed by atoms with Crippen LogP contribution in [0.2, 0.25) is 0 Å². The summed E-state index contributed by atoms with van der Waals surface area (Å²) in [5.41, 5.74) is 0.687. The smallest absolute Gasteiger partial charge is 0.336 e. The average Bonchev–Trinajstić information content (AvgIpc) is 3.40. The number of amides is 1. The highest BCUT2D eigenvalue weighted by molar-refractivity contribution is 5.85. The van der Waals surface area contributed by atoms with E-state index in [-0.39, 0.29) is 18.4 Å². The van der Waals surface area contributed by atoms with Gasteiger partial charge in [0.05, 0.1) is 6.07 Å². The summed E-state index contributed by atoms with van der Waals surface area (Å²) in [6.07, 6.45) is 1.90. The number of aryl methyl sites for hydroxylation is 2. The van der Waals surface area contributed by atoms with Gasteiger partial charge in [-0.1, -0.05) is 0 Å². The van der Waals surface area contributed by atoms with Crippen molar-refractivity contribution in [1.82, 2.24) is 5.32 Å². The minimum Gasteiger partial charge on any atom is -0.483 e. The van der Waals surface area contributed by atoms with Gasteiger partial charge in [0, 0.05) is 17.0 Å². The third kappa shape index (κ3) is 3.36. The molecule has 6 nitrogen and oxygen atoms in total. The summed E-state index contributed by atoms with van der Waals surface area (Å²) in [7, 11) is 0. The summed E-state index contributed by atoms with van der Waals surface area (Å²) < 4.78 is 10.9. The molecule has 1 N–H and O–H groups in total. The summed E-state index contributed by atoms with van der Waals surface area (Å²) in [4.78, 5) is 23.7. The molecule has 0 saturated heterocycles. The molecule has 1 heterocycles. The number of carbonyl (C=O) groups excluding carboxylic acids is 1. The third-order valence-electron chi connectivity index (χ3n) is 4.70. The first-order chi connectivity index (χ1) is 11.8. The zero-order valence-corrected chi connectivity index (χ0v) is 14.5. The van der Waals surface area contributed by atoms with E-state index in [2.05, 4.69) is 11.4 Å². The van der Waals surface area contributed by atoms with E-state index >= 15 is 0 Å². The van der Waals surface area contributed by atoms with Crippen LogP contribution in [0.3, 0.4) is 0 Å². The lowest BCUT2D eigenvalue weighted by Crippen LogP contribution is -2.48. The maximum atomic E-state index is 12.1. The third-order valence-corrected chi connectivity index (χ3v) is 4.70. The first-order valence-corrected chi connectivity index (χ1v) is 8.23. The van der Waals surface area contributed by atoms with Gasteiger partial charge in [-0.15, -0.1) is 0 Å². The standard InChI is InChI=1S/C19H20N2O4/c1-11-8-17(23)25-18-12(2)15(7-6-14(11)18)24-9-16(22)21-19(3,10-20)13-4-5-13/h6-8,13H,4-5,9H2,1-3H3,(H,21,22)/t19-/m1/s1. The number of hydrogen-bond acceptors (Lipinski definition) is 5. The molecular weight excluding hydrogens is 320 g/mol. The van der Waals surface area contributed by atoms with Crippen LogP contribution in [0, 0.1) is 31.1 Å². The number of nitrogens with zero attached hydrogens (tertiary/aromatic N) is 1. The number of nitriles is 1. The van der Waals surface area contributed by atoms with Gasteiger partial charge in [0.15, 0.2) is 6.61 Å². The zero-order chi connectivity index (χ0) is 18.2. The topological polar surface area (TPSA) is 92.3 Å². The molecule has 1 aromatic heterocycles. The van der Waals surface area contributed by atoms with Crippen molar-refractivity contribution in [3.8, 4) is 11.8 Å². The number of rotatable bonds is 5. The summed E-state index contributed by atoms with van der Waals surface area (Å²) in [5, 5.41) is 12.9. The van der Waals surface area contributed by atoms with Crippen molar-refractivity contribution < 1.29 is 13.9 Å². The Hall–Kier alpha value is -2.81. The molecule has 1 aliphatic carbocycles. The fourth-order valence-electron chi connectivity index (χ4n) is 3.01. The Morgan fingerprint density at radius 1 is 1.44 bits per heavy atom. The van der Waals surface area contributed by atoms with Crippen LogP contribution in [0.15, 0.2) is 27.4 Å². The summed E-state index contributed by atoms with van der Waals surface area (Å²) in [5.74, 6) is 0.337. The van der Waals surface area contributed by atoms with E-state index in [0.717, 1.165) is 23.8 Å². The van der Waals surface area contributed by atoms with Crippen LogP contribution in [0.4, 0.5) is 0 Å². The van der Waals surface area contributed by atoms with Crippen LogP contribution in [0.1, 0.15) is 30.9 Å². The fourth-order valence-corrected chi connectivity index (χ4v) is 3.01. The van der Waals surface area contributed by atoms with Crippen molar-refractivity contribution in [2.45, 2.75) is 39.2 Å². The van der Waals surface area contributed by atoms with Gasteiger partial charge in [0.2, 0.25) is 0 Å². The largest absolute Gasteiger partial charge is 0.483 e.